The molecule has 0 aromatic heterocycles. The molecule has 0 aliphatic rings. The number of ether oxygens (including phenoxy) is 1. The van der Waals surface area contributed by atoms with Crippen LogP contribution in [0.25, 0.3) is 0 Å². The van der Waals surface area contributed by atoms with Crippen LogP contribution in [0.2, 0.25) is 0 Å². The minimum atomic E-state index is -0.466. The van der Waals surface area contributed by atoms with E-state index in [9.17, 15) is 9.18 Å². The van der Waals surface area contributed by atoms with Crippen molar-refractivity contribution in [3.63, 3.8) is 0 Å². The van der Waals surface area contributed by atoms with Crippen molar-refractivity contribution in [2.24, 2.45) is 0 Å². The molecular formula is C12H15BrFNO2. The smallest absolute Gasteiger partial charge is 0.321 e. The van der Waals surface area contributed by atoms with E-state index < -0.39 is 4.83 Å². The van der Waals surface area contributed by atoms with Gasteiger partial charge in [0.2, 0.25) is 0 Å². The van der Waals surface area contributed by atoms with Crippen molar-refractivity contribution < 1.29 is 13.9 Å². The highest BCUT2D eigenvalue weighted by Gasteiger charge is 2.20. The molecule has 0 aliphatic heterocycles. The van der Waals surface area contributed by atoms with E-state index in [4.69, 9.17) is 0 Å². The fraction of sp³-hybridized carbons (Fsp3) is 0.417. The van der Waals surface area contributed by atoms with Gasteiger partial charge in [-0.3, -0.25) is 4.79 Å². The molecule has 17 heavy (non-hydrogen) atoms. The second kappa shape index (κ2) is 6.59. The van der Waals surface area contributed by atoms with Crippen LogP contribution in [0.1, 0.15) is 6.92 Å². The molecule has 5 heteroatoms. The lowest BCUT2D eigenvalue weighted by Crippen LogP contribution is -2.34. The second-order valence-electron chi connectivity index (χ2n) is 3.48. The van der Waals surface area contributed by atoms with E-state index in [1.54, 1.807) is 23.1 Å². The summed E-state index contributed by atoms with van der Waals surface area (Å²) in [7, 11) is 1.33. The molecule has 0 N–H and O–H groups in total. The molecule has 0 amide bonds. The number of nitrogens with zero attached hydrogens (tertiary/aromatic N) is 1. The fourth-order valence-corrected chi connectivity index (χ4v) is 2.04. The highest BCUT2D eigenvalue weighted by molar-refractivity contribution is 9.10. The summed E-state index contributed by atoms with van der Waals surface area (Å²) in [4.78, 5) is 12.6. The number of hydrogen-bond donors (Lipinski definition) is 0. The Bertz CT molecular complexity index is 387. The Morgan fingerprint density at radius 1 is 1.53 bits per heavy atom. The number of methoxy groups -OCH3 is 1. The standard InChI is InChI=1S/C12H15BrFNO2/c1-3-15(8-9(13)12(16)17-2)11-7-5-4-6-10(11)14/h4-7,9H,3,8H2,1-2H3. The molecule has 1 aromatic carbocycles. The normalized spacial score (nSPS) is 12.0. The molecule has 0 aliphatic carbocycles. The Morgan fingerprint density at radius 2 is 2.18 bits per heavy atom. The van der Waals surface area contributed by atoms with Crippen LogP contribution in [0.5, 0.6) is 0 Å². The molecule has 1 unspecified atom stereocenters. The van der Waals surface area contributed by atoms with E-state index in [-0.39, 0.29) is 11.8 Å². The van der Waals surface area contributed by atoms with Crippen molar-refractivity contribution in [1.29, 1.82) is 0 Å². The van der Waals surface area contributed by atoms with E-state index in [1.165, 1.54) is 13.2 Å². The molecule has 0 bridgehead atoms. The molecule has 0 saturated heterocycles. The average molecular weight is 304 g/mol. The first kappa shape index (κ1) is 14.0. The van der Waals surface area contributed by atoms with E-state index in [0.29, 0.717) is 18.8 Å². The lowest BCUT2D eigenvalue weighted by atomic mass is 10.2. The number of halogens is 2. The van der Waals surface area contributed by atoms with Crippen LogP contribution in [-0.4, -0.2) is 31.0 Å². The van der Waals surface area contributed by atoms with Crippen molar-refractivity contribution in [3.8, 4) is 0 Å². The molecule has 3 nitrogen and oxygen atoms in total. The Balaban J connectivity index is 2.79. The number of carbonyl (C=O) groups excluding carboxylic acids is 1. The van der Waals surface area contributed by atoms with Crippen LogP contribution in [0.15, 0.2) is 24.3 Å². The molecule has 0 saturated carbocycles. The zero-order valence-electron chi connectivity index (χ0n) is 9.82. The molecule has 1 aromatic rings. The van der Waals surface area contributed by atoms with Gasteiger partial charge in [0, 0.05) is 13.1 Å². The molecule has 0 heterocycles. The van der Waals surface area contributed by atoms with Gasteiger partial charge >= 0.3 is 5.97 Å². The zero-order valence-corrected chi connectivity index (χ0v) is 11.4. The quantitative estimate of drug-likeness (QED) is 0.618. The SMILES string of the molecule is CCN(CC(Br)C(=O)OC)c1ccccc1F. The molecule has 94 valence electrons. The number of rotatable bonds is 5. The van der Waals surface area contributed by atoms with E-state index in [0.717, 1.165) is 0 Å². The Morgan fingerprint density at radius 3 is 2.71 bits per heavy atom. The predicted octanol–water partition coefficient (Wildman–Crippen LogP) is 2.59. The number of carbonyl (C=O) groups is 1. The predicted molar refractivity (Wildman–Crippen MR) is 69.0 cm³/mol. The minimum absolute atomic E-state index is 0.293. The van der Waals surface area contributed by atoms with Crippen molar-refractivity contribution >= 4 is 27.6 Å². The van der Waals surface area contributed by atoms with Crippen LogP contribution in [0.4, 0.5) is 10.1 Å². The van der Waals surface area contributed by atoms with Crippen LogP contribution in [0, 0.1) is 5.82 Å². The highest BCUT2D eigenvalue weighted by atomic mass is 79.9. The van der Waals surface area contributed by atoms with Gasteiger partial charge in [-0.15, -0.1) is 0 Å². The van der Waals surface area contributed by atoms with Gasteiger partial charge in [-0.25, -0.2) is 4.39 Å². The summed E-state index contributed by atoms with van der Waals surface area (Å²) in [5, 5.41) is 0. The Labute approximate surface area is 109 Å². The summed E-state index contributed by atoms with van der Waals surface area (Å²) in [5.41, 5.74) is 0.489. The average Bonchev–Trinajstić information content (AvgIpc) is 2.35. The highest BCUT2D eigenvalue weighted by Crippen LogP contribution is 2.20. The van der Waals surface area contributed by atoms with Gasteiger partial charge in [0.1, 0.15) is 10.6 Å². The van der Waals surface area contributed by atoms with Gasteiger partial charge < -0.3 is 9.64 Å². The molecule has 0 fully saturated rings. The van der Waals surface area contributed by atoms with Crippen molar-refractivity contribution in [3.05, 3.63) is 30.1 Å². The molecule has 0 spiro atoms. The number of anilines is 1. The van der Waals surface area contributed by atoms with Crippen LogP contribution >= 0.6 is 15.9 Å². The van der Waals surface area contributed by atoms with E-state index in [2.05, 4.69) is 20.7 Å². The maximum Gasteiger partial charge on any atom is 0.321 e. The Hall–Kier alpha value is -1.10. The first-order chi connectivity index (χ1) is 8.10. The number of para-hydroxylation sites is 1. The number of benzene rings is 1. The van der Waals surface area contributed by atoms with Gasteiger partial charge in [0.05, 0.1) is 12.8 Å². The van der Waals surface area contributed by atoms with Crippen molar-refractivity contribution in [2.45, 2.75) is 11.8 Å². The molecular weight excluding hydrogens is 289 g/mol. The monoisotopic (exact) mass is 303 g/mol. The number of alkyl halides is 1. The second-order valence-corrected chi connectivity index (χ2v) is 4.59. The van der Waals surface area contributed by atoms with Crippen LogP contribution in [0.3, 0.4) is 0 Å². The Kier molecular flexibility index (Phi) is 5.41. The number of hydrogen-bond acceptors (Lipinski definition) is 3. The molecule has 1 atom stereocenters. The van der Waals surface area contributed by atoms with Gasteiger partial charge in [-0.05, 0) is 19.1 Å². The van der Waals surface area contributed by atoms with Gasteiger partial charge in [-0.1, -0.05) is 28.1 Å². The lowest BCUT2D eigenvalue weighted by Gasteiger charge is -2.25. The summed E-state index contributed by atoms with van der Waals surface area (Å²) in [6.45, 7) is 2.88. The lowest BCUT2D eigenvalue weighted by molar-refractivity contribution is -0.139. The summed E-state index contributed by atoms with van der Waals surface area (Å²) in [5.74, 6) is -0.654. The largest absolute Gasteiger partial charge is 0.468 e. The van der Waals surface area contributed by atoms with E-state index in [1.807, 2.05) is 6.92 Å². The zero-order chi connectivity index (χ0) is 12.8. The third-order valence-electron chi connectivity index (χ3n) is 2.41. The third kappa shape index (κ3) is 3.70. The van der Waals surface area contributed by atoms with Crippen LogP contribution < -0.4 is 4.90 Å². The first-order valence-corrected chi connectivity index (χ1v) is 6.23. The minimum Gasteiger partial charge on any atom is -0.468 e. The van der Waals surface area contributed by atoms with Gasteiger partial charge in [-0.2, -0.15) is 0 Å². The summed E-state index contributed by atoms with van der Waals surface area (Å²) < 4.78 is 18.2. The topological polar surface area (TPSA) is 29.5 Å². The summed E-state index contributed by atoms with van der Waals surface area (Å²) >= 11 is 3.23. The maximum absolute atomic E-state index is 13.6. The first-order valence-electron chi connectivity index (χ1n) is 5.31. The summed E-state index contributed by atoms with van der Waals surface area (Å²) in [6, 6.07) is 6.50. The number of esters is 1. The van der Waals surface area contributed by atoms with Crippen molar-refractivity contribution in [1.82, 2.24) is 0 Å². The molecule has 1 rings (SSSR count). The third-order valence-corrected chi connectivity index (χ3v) is 3.08. The molecule has 0 radical (unpaired) electrons. The van der Waals surface area contributed by atoms with Crippen LogP contribution in [-0.2, 0) is 9.53 Å². The fourth-order valence-electron chi connectivity index (χ4n) is 1.50. The van der Waals surface area contributed by atoms with Crippen molar-refractivity contribution in [2.75, 3.05) is 25.1 Å². The maximum atomic E-state index is 13.6. The van der Waals surface area contributed by atoms with E-state index >= 15 is 0 Å². The van der Waals surface area contributed by atoms with Gasteiger partial charge in [0.25, 0.3) is 0 Å². The summed E-state index contributed by atoms with van der Waals surface area (Å²) in [6.07, 6.45) is 0. The van der Waals surface area contributed by atoms with Gasteiger partial charge in [0.15, 0.2) is 0 Å².